The number of H-pyrrole nitrogens is 1. The molecular formula is C13H13ClN4O3. The number of hydrogen-bond donors (Lipinski definition) is 2. The molecule has 0 saturated heterocycles. The van der Waals surface area contributed by atoms with Gasteiger partial charge >= 0.3 is 0 Å². The molecule has 1 heterocycles. The minimum absolute atomic E-state index is 0.0718. The van der Waals surface area contributed by atoms with Gasteiger partial charge in [0.25, 0.3) is 11.6 Å². The van der Waals surface area contributed by atoms with E-state index < -0.39 is 10.8 Å². The highest BCUT2D eigenvalue weighted by Crippen LogP contribution is 2.23. The highest BCUT2D eigenvalue weighted by Gasteiger charge is 2.23. The predicted molar refractivity (Wildman–Crippen MR) is 77.2 cm³/mol. The van der Waals surface area contributed by atoms with Crippen molar-refractivity contribution in [1.82, 2.24) is 15.3 Å². The molecule has 2 N–H and O–H groups in total. The first-order chi connectivity index (χ1) is 10.0. The number of halogens is 1. The van der Waals surface area contributed by atoms with Crippen LogP contribution in [0.1, 0.15) is 35.6 Å². The van der Waals surface area contributed by atoms with Gasteiger partial charge in [-0.1, -0.05) is 18.5 Å². The van der Waals surface area contributed by atoms with Crippen molar-refractivity contribution < 1.29 is 9.72 Å². The largest absolute Gasteiger partial charge is 0.347 e. The average molecular weight is 309 g/mol. The number of nitrogens with zero attached hydrogens (tertiary/aromatic N) is 2. The van der Waals surface area contributed by atoms with Crippen molar-refractivity contribution in [2.24, 2.45) is 0 Å². The van der Waals surface area contributed by atoms with Crippen LogP contribution in [0.4, 0.5) is 5.69 Å². The Kier molecular flexibility index (Phi) is 4.54. The van der Waals surface area contributed by atoms with Crippen molar-refractivity contribution >= 4 is 23.2 Å². The lowest BCUT2D eigenvalue weighted by Gasteiger charge is -2.14. The second kappa shape index (κ2) is 6.36. The molecule has 0 bridgehead atoms. The fraction of sp³-hybridized carbons (Fsp3) is 0.231. The van der Waals surface area contributed by atoms with Crippen molar-refractivity contribution in [3.8, 4) is 0 Å². The zero-order valence-corrected chi connectivity index (χ0v) is 11.9. The van der Waals surface area contributed by atoms with Crippen LogP contribution >= 0.6 is 11.6 Å². The molecule has 1 aromatic carbocycles. The maximum Gasteiger partial charge on any atom is 0.282 e. The molecule has 21 heavy (non-hydrogen) atoms. The van der Waals surface area contributed by atoms with Crippen LogP contribution in [0.15, 0.2) is 30.6 Å². The van der Waals surface area contributed by atoms with E-state index in [1.165, 1.54) is 18.2 Å². The molecule has 0 aliphatic carbocycles. The lowest BCUT2D eigenvalue weighted by Crippen LogP contribution is -2.29. The summed E-state index contributed by atoms with van der Waals surface area (Å²) in [5, 5.41) is 14.0. The van der Waals surface area contributed by atoms with Gasteiger partial charge in [-0.05, 0) is 18.6 Å². The van der Waals surface area contributed by atoms with Gasteiger partial charge in [-0.25, -0.2) is 4.98 Å². The number of aromatic amines is 1. The molecule has 1 aromatic heterocycles. The minimum atomic E-state index is -0.612. The van der Waals surface area contributed by atoms with E-state index in [1.807, 2.05) is 6.92 Å². The number of nitro benzene ring substituents is 1. The summed E-state index contributed by atoms with van der Waals surface area (Å²) in [6.45, 7) is 1.87. The third-order valence-corrected chi connectivity index (χ3v) is 3.20. The quantitative estimate of drug-likeness (QED) is 0.655. The Bertz CT molecular complexity index is 657. The molecular weight excluding hydrogens is 296 g/mol. The Hall–Kier alpha value is -2.41. The van der Waals surface area contributed by atoms with Crippen LogP contribution in [0.3, 0.4) is 0 Å². The number of nitro groups is 1. The number of rotatable bonds is 5. The Labute approximate surface area is 125 Å². The van der Waals surface area contributed by atoms with Gasteiger partial charge in [-0.15, -0.1) is 0 Å². The number of amides is 1. The molecule has 0 saturated carbocycles. The number of aromatic nitrogens is 2. The van der Waals surface area contributed by atoms with Gasteiger partial charge in [0.15, 0.2) is 0 Å². The SMILES string of the molecule is CCC(NC(=O)c1cc(Cl)ccc1[N+](=O)[O-])c1ncc[nH]1. The van der Waals surface area contributed by atoms with Crippen molar-refractivity contribution in [2.45, 2.75) is 19.4 Å². The molecule has 0 spiro atoms. The predicted octanol–water partition coefficient (Wildman–Crippen LogP) is 2.85. The van der Waals surface area contributed by atoms with E-state index in [1.54, 1.807) is 12.4 Å². The first kappa shape index (κ1) is 15.0. The van der Waals surface area contributed by atoms with Gasteiger partial charge in [0.2, 0.25) is 0 Å². The number of nitrogens with one attached hydrogen (secondary N) is 2. The second-order valence-electron chi connectivity index (χ2n) is 4.33. The second-order valence-corrected chi connectivity index (χ2v) is 4.76. The Balaban J connectivity index is 2.27. The normalized spacial score (nSPS) is 11.9. The minimum Gasteiger partial charge on any atom is -0.347 e. The molecule has 0 aliphatic heterocycles. The zero-order valence-electron chi connectivity index (χ0n) is 11.2. The fourth-order valence-electron chi connectivity index (χ4n) is 1.92. The summed E-state index contributed by atoms with van der Waals surface area (Å²) in [6.07, 6.45) is 3.81. The van der Waals surface area contributed by atoms with Crippen molar-refractivity contribution in [1.29, 1.82) is 0 Å². The number of hydrogen-bond acceptors (Lipinski definition) is 4. The van der Waals surface area contributed by atoms with Crippen LogP contribution in [-0.2, 0) is 0 Å². The van der Waals surface area contributed by atoms with E-state index in [0.29, 0.717) is 12.2 Å². The highest BCUT2D eigenvalue weighted by atomic mass is 35.5. The van der Waals surface area contributed by atoms with E-state index in [9.17, 15) is 14.9 Å². The molecule has 7 nitrogen and oxygen atoms in total. The summed E-state index contributed by atoms with van der Waals surface area (Å²) < 4.78 is 0. The third kappa shape index (κ3) is 3.38. The van der Waals surface area contributed by atoms with Crippen molar-refractivity contribution in [2.75, 3.05) is 0 Å². The average Bonchev–Trinajstić information content (AvgIpc) is 2.98. The topological polar surface area (TPSA) is 101 Å². The van der Waals surface area contributed by atoms with E-state index in [4.69, 9.17) is 11.6 Å². The lowest BCUT2D eigenvalue weighted by molar-refractivity contribution is -0.385. The van der Waals surface area contributed by atoms with E-state index in [-0.39, 0.29) is 22.3 Å². The van der Waals surface area contributed by atoms with Crippen LogP contribution in [-0.4, -0.2) is 20.8 Å². The summed E-state index contributed by atoms with van der Waals surface area (Å²) in [4.78, 5) is 29.6. The van der Waals surface area contributed by atoms with Gasteiger partial charge < -0.3 is 10.3 Å². The van der Waals surface area contributed by atoms with Crippen LogP contribution < -0.4 is 5.32 Å². The van der Waals surface area contributed by atoms with Crippen molar-refractivity contribution in [3.05, 3.63) is 57.1 Å². The summed E-state index contributed by atoms with van der Waals surface area (Å²) in [5.74, 6) is 0.0305. The lowest BCUT2D eigenvalue weighted by atomic mass is 10.1. The van der Waals surface area contributed by atoms with E-state index in [0.717, 1.165) is 0 Å². The van der Waals surface area contributed by atoms with Gasteiger partial charge in [-0.2, -0.15) is 0 Å². The van der Waals surface area contributed by atoms with E-state index in [2.05, 4.69) is 15.3 Å². The Morgan fingerprint density at radius 1 is 1.57 bits per heavy atom. The maximum absolute atomic E-state index is 12.3. The maximum atomic E-state index is 12.3. The standard InChI is InChI=1S/C13H13ClN4O3/c1-2-10(12-15-5-6-16-12)17-13(19)9-7-8(14)3-4-11(9)18(20)21/h3-7,10H,2H2,1H3,(H,15,16)(H,17,19). The van der Waals surface area contributed by atoms with Crippen LogP contribution in [0, 0.1) is 10.1 Å². The number of carbonyl (C=O) groups is 1. The van der Waals surface area contributed by atoms with Crippen LogP contribution in [0.2, 0.25) is 5.02 Å². The molecule has 2 rings (SSSR count). The molecule has 1 atom stereocenters. The van der Waals surface area contributed by atoms with Gasteiger partial charge in [0, 0.05) is 23.5 Å². The first-order valence-corrected chi connectivity index (χ1v) is 6.64. The summed E-state index contributed by atoms with van der Waals surface area (Å²) >= 11 is 5.81. The molecule has 110 valence electrons. The molecule has 2 aromatic rings. The zero-order chi connectivity index (χ0) is 15.4. The smallest absolute Gasteiger partial charge is 0.282 e. The molecule has 1 amide bonds. The molecule has 0 radical (unpaired) electrons. The Morgan fingerprint density at radius 2 is 2.33 bits per heavy atom. The molecule has 8 heteroatoms. The van der Waals surface area contributed by atoms with Gasteiger partial charge in [0.1, 0.15) is 11.4 Å². The first-order valence-electron chi connectivity index (χ1n) is 6.27. The molecule has 1 unspecified atom stereocenters. The summed E-state index contributed by atoms with van der Waals surface area (Å²) in [7, 11) is 0. The summed E-state index contributed by atoms with van der Waals surface area (Å²) in [5.41, 5.74) is -0.358. The monoisotopic (exact) mass is 308 g/mol. The number of carbonyl (C=O) groups excluding carboxylic acids is 1. The number of benzene rings is 1. The van der Waals surface area contributed by atoms with Crippen LogP contribution in [0.25, 0.3) is 0 Å². The number of imidazole rings is 1. The van der Waals surface area contributed by atoms with Gasteiger partial charge in [-0.3, -0.25) is 14.9 Å². The Morgan fingerprint density at radius 3 is 2.90 bits per heavy atom. The molecule has 0 fully saturated rings. The highest BCUT2D eigenvalue weighted by molar-refractivity contribution is 6.31. The van der Waals surface area contributed by atoms with Crippen LogP contribution in [0.5, 0.6) is 0 Å². The van der Waals surface area contributed by atoms with Gasteiger partial charge in [0.05, 0.1) is 11.0 Å². The summed E-state index contributed by atoms with van der Waals surface area (Å²) in [6, 6.07) is 3.51. The molecule has 0 aliphatic rings. The van der Waals surface area contributed by atoms with Crippen molar-refractivity contribution in [3.63, 3.8) is 0 Å². The fourth-order valence-corrected chi connectivity index (χ4v) is 2.09. The third-order valence-electron chi connectivity index (χ3n) is 2.96. The van der Waals surface area contributed by atoms with E-state index >= 15 is 0 Å².